The van der Waals surface area contributed by atoms with E-state index in [1.807, 2.05) is 4.90 Å². The van der Waals surface area contributed by atoms with Crippen LogP contribution in [0.25, 0.3) is 0 Å². The molecule has 2 aliphatic rings. The summed E-state index contributed by atoms with van der Waals surface area (Å²) in [5, 5.41) is 90.1. The predicted molar refractivity (Wildman–Crippen MR) is 246 cm³/mol. The zero-order valence-electron chi connectivity index (χ0n) is 40.5. The van der Waals surface area contributed by atoms with Gasteiger partial charge in [0.25, 0.3) is 0 Å². The van der Waals surface area contributed by atoms with Crippen molar-refractivity contribution in [3.05, 3.63) is 29.6 Å². The first-order valence-electron chi connectivity index (χ1n) is 22.5. The zero-order chi connectivity index (χ0) is 53.4. The molecule has 2 aliphatic heterocycles. The summed E-state index contributed by atoms with van der Waals surface area (Å²) in [6, 6.07) is 2.92. The molecule has 0 saturated carbocycles. The van der Waals surface area contributed by atoms with Crippen LogP contribution in [0.2, 0.25) is 0 Å². The molecule has 0 aliphatic carbocycles. The fourth-order valence-corrected chi connectivity index (χ4v) is 6.62. The number of ether oxygens (including phenoxy) is 6. The Kier molecular flexibility index (Phi) is 36.0. The van der Waals surface area contributed by atoms with Crippen LogP contribution in [0.3, 0.4) is 0 Å². The van der Waals surface area contributed by atoms with Crippen LogP contribution >= 0.6 is 11.6 Å². The van der Waals surface area contributed by atoms with Gasteiger partial charge in [0, 0.05) is 94.7 Å². The number of nitrogens with zero attached hydrogens (tertiary/aromatic N) is 4. The first kappa shape index (κ1) is 67.7. The van der Waals surface area contributed by atoms with Crippen molar-refractivity contribution in [2.45, 2.75) is 88.5 Å². The third-order valence-electron chi connectivity index (χ3n) is 10.1. The summed E-state index contributed by atoms with van der Waals surface area (Å²) < 4.78 is 29.6. The molecule has 6 atom stereocenters. The van der Waals surface area contributed by atoms with Gasteiger partial charge < -0.3 is 95.2 Å². The van der Waals surface area contributed by atoms with Gasteiger partial charge in [0.15, 0.2) is 5.79 Å². The van der Waals surface area contributed by atoms with E-state index in [0.29, 0.717) is 31.0 Å². The zero-order valence-corrected chi connectivity index (χ0v) is 42.5. The van der Waals surface area contributed by atoms with E-state index in [1.54, 1.807) is 41.8 Å². The molecule has 30 heteroatoms. The predicted octanol–water partition coefficient (Wildman–Crippen LogP) is -2.56. The van der Waals surface area contributed by atoms with Gasteiger partial charge in [-0.25, -0.2) is 19.2 Å². The SMILES string of the molecule is CC1(C)OCC(COC(=O)Cl)O1.CO.O=C(NCCCN1CCN(C(CCNC(=O)OCC(O)CO)C(=O)O)Cc2cccc(n2)CN(C(CCNC(=O)OCC(O)CO)C(=O)O)CC1)OCC(O)CO.[Mn]. The molecule has 3 amide bonds. The minimum atomic E-state index is -1.26. The Labute approximate surface area is 432 Å². The Morgan fingerprint density at radius 3 is 1.50 bits per heavy atom. The van der Waals surface area contributed by atoms with Crippen molar-refractivity contribution in [3.8, 4) is 0 Å². The number of alkyl carbamates (subject to hydrolysis) is 3. The van der Waals surface area contributed by atoms with E-state index in [1.165, 1.54) is 0 Å². The number of carbonyl (C=O) groups is 6. The van der Waals surface area contributed by atoms with E-state index >= 15 is 0 Å². The maximum absolute atomic E-state index is 12.6. The minimum absolute atomic E-state index is 0. The molecule has 0 spiro atoms. The second-order valence-electron chi connectivity index (χ2n) is 16.1. The molecule has 28 nitrogen and oxygen atoms in total. The Hall–Kier alpha value is -4.30. The first-order chi connectivity index (χ1) is 33.7. The van der Waals surface area contributed by atoms with Gasteiger partial charge in [0.1, 0.15) is 62.9 Å². The number of aromatic nitrogens is 1. The van der Waals surface area contributed by atoms with Crippen LogP contribution in [0.5, 0.6) is 0 Å². The van der Waals surface area contributed by atoms with Crippen molar-refractivity contribution in [1.29, 1.82) is 0 Å². The van der Waals surface area contributed by atoms with Crippen LogP contribution in [0, 0.1) is 0 Å². The molecule has 1 fully saturated rings. The van der Waals surface area contributed by atoms with Crippen LogP contribution in [0.1, 0.15) is 44.5 Å². The maximum Gasteiger partial charge on any atom is 0.407 e. The number of pyridine rings is 1. The maximum atomic E-state index is 12.6. The Morgan fingerprint density at radius 1 is 0.722 bits per heavy atom. The number of nitrogens with one attached hydrogen (secondary N) is 3. The van der Waals surface area contributed by atoms with Crippen LogP contribution in [0.4, 0.5) is 19.2 Å². The van der Waals surface area contributed by atoms with Crippen LogP contribution in [-0.4, -0.2) is 256 Å². The number of amides is 3. The molecular weight excluding hydrogens is 1030 g/mol. The molecule has 2 bridgehead atoms. The van der Waals surface area contributed by atoms with Gasteiger partial charge in [0.05, 0.1) is 37.8 Å². The first-order valence-corrected chi connectivity index (χ1v) is 22.9. The molecule has 3 heterocycles. The van der Waals surface area contributed by atoms with Crippen molar-refractivity contribution >= 4 is 47.2 Å². The van der Waals surface area contributed by atoms with Crippen molar-refractivity contribution in [1.82, 2.24) is 35.6 Å². The smallest absolute Gasteiger partial charge is 0.407 e. The van der Waals surface area contributed by atoms with E-state index in [2.05, 4.69) is 20.7 Å². The molecule has 0 aromatic carbocycles. The summed E-state index contributed by atoms with van der Waals surface area (Å²) in [7, 11) is 1.00. The Balaban J connectivity index is 0.00000290. The van der Waals surface area contributed by atoms with E-state index < -0.39 is 111 Å². The molecule has 415 valence electrons. The number of carboxylic acids is 2. The number of aliphatic hydroxyl groups is 7. The van der Waals surface area contributed by atoms with Crippen molar-refractivity contribution in [3.63, 3.8) is 0 Å². The van der Waals surface area contributed by atoms with Gasteiger partial charge >= 0.3 is 35.6 Å². The number of hydrogen-bond acceptors (Lipinski definition) is 23. The summed E-state index contributed by atoms with van der Waals surface area (Å²) in [6.07, 6.45) is -6.26. The summed E-state index contributed by atoms with van der Waals surface area (Å²) in [5.74, 6) is -2.91. The number of aliphatic hydroxyl groups excluding tert-OH is 7. The van der Waals surface area contributed by atoms with Gasteiger partial charge in [-0.3, -0.25) is 24.4 Å². The molecule has 1 aromatic heterocycles. The quantitative estimate of drug-likeness (QED) is 0.0207. The van der Waals surface area contributed by atoms with Crippen molar-refractivity contribution in [2.24, 2.45) is 0 Å². The Bertz CT molecular complexity index is 1650. The van der Waals surface area contributed by atoms with Crippen molar-refractivity contribution < 1.29 is 120 Å². The fourth-order valence-electron chi connectivity index (χ4n) is 6.56. The topological polar surface area (TPSA) is 399 Å². The Morgan fingerprint density at radius 2 is 1.14 bits per heavy atom. The van der Waals surface area contributed by atoms with E-state index in [0.717, 1.165) is 7.11 Å². The van der Waals surface area contributed by atoms with Crippen LogP contribution < -0.4 is 16.0 Å². The number of carboxylic acid groups (broad SMARTS) is 2. The molecule has 6 unspecified atom stereocenters. The number of hydrogen-bond donors (Lipinski definition) is 12. The van der Waals surface area contributed by atoms with Crippen LogP contribution in [0.15, 0.2) is 18.2 Å². The number of halogens is 1. The summed E-state index contributed by atoms with van der Waals surface area (Å²) in [4.78, 5) is 81.7. The van der Waals surface area contributed by atoms with E-state index in [-0.39, 0.29) is 102 Å². The summed E-state index contributed by atoms with van der Waals surface area (Å²) >= 11 is 4.97. The van der Waals surface area contributed by atoms with Gasteiger partial charge in [-0.1, -0.05) is 6.07 Å². The third-order valence-corrected chi connectivity index (χ3v) is 10.2. The second kappa shape index (κ2) is 38.3. The van der Waals surface area contributed by atoms with Gasteiger partial charge in [-0.15, -0.1) is 0 Å². The van der Waals surface area contributed by atoms with Crippen molar-refractivity contribution in [2.75, 3.05) is 112 Å². The molecule has 1 radical (unpaired) electrons. The third kappa shape index (κ3) is 30.0. The summed E-state index contributed by atoms with van der Waals surface area (Å²) in [6.45, 7) is 2.45. The number of fused-ring (bicyclic) bond motifs is 2. The summed E-state index contributed by atoms with van der Waals surface area (Å²) in [5.41, 5.74) is 0.168. The fraction of sp³-hybridized carbons (Fsp3) is 0.738. The molecule has 12 N–H and O–H groups in total. The number of rotatable bonds is 25. The average molecular weight is 1100 g/mol. The van der Waals surface area contributed by atoms with Crippen LogP contribution in [-0.2, 0) is 68.2 Å². The molecular formula is C42H72ClMnN7O21. The van der Waals surface area contributed by atoms with Gasteiger partial charge in [0.2, 0.25) is 0 Å². The minimum Gasteiger partial charge on any atom is -0.480 e. The average Bonchev–Trinajstić information content (AvgIpc) is 3.70. The van der Waals surface area contributed by atoms with E-state index in [4.69, 9.17) is 60.7 Å². The largest absolute Gasteiger partial charge is 0.480 e. The molecule has 3 rings (SSSR count). The number of carbonyl (C=O) groups excluding carboxylic acids is 4. The van der Waals surface area contributed by atoms with Gasteiger partial charge in [-0.2, -0.15) is 0 Å². The second-order valence-corrected chi connectivity index (χ2v) is 16.4. The van der Waals surface area contributed by atoms with E-state index in [9.17, 15) is 54.3 Å². The standard InChI is InChI=1S/C34H57N7O16.C7H11ClO4.CH4O.Mn/c42-17-25(45)20-55-32(52)35-7-2-10-39-11-13-40(28(30(48)49)5-8-36-33(53)56-21-26(46)18-43)15-23-3-1-4-24(38-23)16-41(14-12-39)29(31(50)51)6-9-37-34(54)57-22-27(47)19-44;1-7(2)11-4-5(12-7)3-10-6(8)9;1-2;/h1,3-4,25-29,42-47H,2,5-22H2,(H,35,52)(H,36,53)(H,37,54)(H,48,49)(H,50,51);5H,3-4H2,1-2H3;2H,1H3;. The molecule has 1 saturated heterocycles. The van der Waals surface area contributed by atoms with Gasteiger partial charge in [-0.05, 0) is 51.8 Å². The number of aliphatic carboxylic acids is 2. The molecule has 72 heavy (non-hydrogen) atoms. The molecule has 1 aromatic rings. The normalized spacial score (nSPS) is 18.1. The monoisotopic (exact) mass is 1100 g/mol.